The molecular formula is C13H9BrClN5OS. The van der Waals surface area contributed by atoms with Crippen LogP contribution in [0.1, 0.15) is 10.4 Å². The van der Waals surface area contributed by atoms with Crippen molar-refractivity contribution >= 4 is 68.8 Å². The quantitative estimate of drug-likeness (QED) is 0.466. The highest BCUT2D eigenvalue weighted by atomic mass is 79.9. The Hall–Kier alpha value is -1.77. The molecule has 1 aromatic carbocycles. The summed E-state index contributed by atoms with van der Waals surface area (Å²) in [6.07, 6.45) is 1.72. The highest BCUT2D eigenvalue weighted by Crippen LogP contribution is 2.29. The molecule has 0 unspecified atom stereocenters. The van der Waals surface area contributed by atoms with Crippen LogP contribution >= 0.6 is 40.3 Å². The van der Waals surface area contributed by atoms with Gasteiger partial charge in [-0.1, -0.05) is 28.7 Å². The van der Waals surface area contributed by atoms with Crippen LogP contribution in [-0.2, 0) is 0 Å². The lowest BCUT2D eigenvalue weighted by molar-refractivity contribution is 0.100. The maximum absolute atomic E-state index is 11.6. The number of anilines is 2. The van der Waals surface area contributed by atoms with Gasteiger partial charge in [0.05, 0.1) is 16.6 Å². The molecular weight excluding hydrogens is 390 g/mol. The van der Waals surface area contributed by atoms with E-state index in [0.29, 0.717) is 22.7 Å². The molecule has 9 heteroatoms. The van der Waals surface area contributed by atoms with Gasteiger partial charge in [-0.2, -0.15) is 9.97 Å². The lowest BCUT2D eigenvalue weighted by atomic mass is 10.1. The first kappa shape index (κ1) is 15.1. The van der Waals surface area contributed by atoms with Crippen LogP contribution in [0.25, 0.3) is 11.0 Å². The normalized spacial score (nSPS) is 10.9. The van der Waals surface area contributed by atoms with Gasteiger partial charge in [0.15, 0.2) is 5.65 Å². The number of rotatable bonds is 3. The summed E-state index contributed by atoms with van der Waals surface area (Å²) in [5, 5.41) is 3.86. The standard InChI is InChI=1S/C13H9BrClN5OS/c14-6-1-2-9(8(5-6)10(16)21)17-11-7-3-4-20(22)12(7)19-13(15)18-11/h1-5,22H,(H2,16,21)(H,17,18,19). The van der Waals surface area contributed by atoms with Gasteiger partial charge in [-0.3, -0.25) is 8.77 Å². The van der Waals surface area contributed by atoms with Crippen LogP contribution in [0.15, 0.2) is 34.9 Å². The number of nitrogens with one attached hydrogen (secondary N) is 1. The molecule has 112 valence electrons. The molecule has 2 aromatic heterocycles. The van der Waals surface area contributed by atoms with Crippen molar-refractivity contribution in [1.29, 1.82) is 0 Å². The molecule has 3 aromatic rings. The van der Waals surface area contributed by atoms with Gasteiger partial charge in [0, 0.05) is 10.7 Å². The number of primary amides is 1. The fraction of sp³-hybridized carbons (Fsp3) is 0. The van der Waals surface area contributed by atoms with E-state index >= 15 is 0 Å². The van der Waals surface area contributed by atoms with E-state index in [9.17, 15) is 4.79 Å². The molecule has 0 spiro atoms. The number of aromatic nitrogens is 3. The minimum atomic E-state index is -0.549. The topological polar surface area (TPSA) is 85.8 Å². The molecule has 0 bridgehead atoms. The van der Waals surface area contributed by atoms with Crippen molar-refractivity contribution in [3.63, 3.8) is 0 Å². The first-order chi connectivity index (χ1) is 10.5. The second-order valence-corrected chi connectivity index (χ2v) is 6.10. The number of benzene rings is 1. The van der Waals surface area contributed by atoms with Crippen LogP contribution in [0, 0.1) is 0 Å². The largest absolute Gasteiger partial charge is 0.366 e. The fourth-order valence-electron chi connectivity index (χ4n) is 2.03. The first-order valence-electron chi connectivity index (χ1n) is 6.06. The molecule has 0 aliphatic carbocycles. The van der Waals surface area contributed by atoms with Gasteiger partial charge in [0.1, 0.15) is 5.82 Å². The number of hydrogen-bond donors (Lipinski definition) is 3. The summed E-state index contributed by atoms with van der Waals surface area (Å²) < 4.78 is 2.28. The third-order valence-corrected chi connectivity index (χ3v) is 3.98. The lowest BCUT2D eigenvalue weighted by Crippen LogP contribution is -2.13. The summed E-state index contributed by atoms with van der Waals surface area (Å²) in [6.45, 7) is 0. The Bertz CT molecular complexity index is 898. The molecule has 3 rings (SSSR count). The minimum Gasteiger partial charge on any atom is -0.366 e. The third kappa shape index (κ3) is 2.77. The number of hydrogen-bond acceptors (Lipinski definition) is 5. The van der Waals surface area contributed by atoms with Crippen molar-refractivity contribution in [2.45, 2.75) is 0 Å². The maximum Gasteiger partial charge on any atom is 0.250 e. The monoisotopic (exact) mass is 397 g/mol. The minimum absolute atomic E-state index is 0.0711. The third-order valence-electron chi connectivity index (χ3n) is 3.00. The van der Waals surface area contributed by atoms with Crippen molar-refractivity contribution in [2.24, 2.45) is 5.73 Å². The smallest absolute Gasteiger partial charge is 0.250 e. The number of halogens is 2. The van der Waals surface area contributed by atoms with Crippen molar-refractivity contribution in [3.05, 3.63) is 45.8 Å². The number of carbonyl (C=O) groups excluding carboxylic acids is 1. The zero-order valence-electron chi connectivity index (χ0n) is 10.9. The van der Waals surface area contributed by atoms with Crippen LogP contribution in [0.5, 0.6) is 0 Å². The van der Waals surface area contributed by atoms with E-state index in [-0.39, 0.29) is 5.28 Å². The van der Waals surface area contributed by atoms with Gasteiger partial charge < -0.3 is 11.1 Å². The second-order valence-electron chi connectivity index (χ2n) is 4.42. The fourth-order valence-corrected chi connectivity index (χ4v) is 2.77. The molecule has 6 nitrogen and oxygen atoms in total. The predicted molar refractivity (Wildman–Crippen MR) is 92.9 cm³/mol. The number of amides is 1. The van der Waals surface area contributed by atoms with Gasteiger partial charge >= 0.3 is 0 Å². The van der Waals surface area contributed by atoms with Crippen molar-refractivity contribution in [2.75, 3.05) is 5.32 Å². The SMILES string of the molecule is NC(=O)c1cc(Br)ccc1Nc1nc(Cl)nc2c1ccn2S. The van der Waals surface area contributed by atoms with Crippen LogP contribution in [0.2, 0.25) is 5.28 Å². The second kappa shape index (κ2) is 5.79. The summed E-state index contributed by atoms with van der Waals surface area (Å²) in [5.74, 6) is -0.0837. The van der Waals surface area contributed by atoms with Crippen LogP contribution in [0.4, 0.5) is 11.5 Å². The zero-order chi connectivity index (χ0) is 15.9. The van der Waals surface area contributed by atoms with Crippen LogP contribution < -0.4 is 11.1 Å². The number of thiol groups is 1. The van der Waals surface area contributed by atoms with Gasteiger partial charge in [-0.15, -0.1) is 0 Å². The summed E-state index contributed by atoms with van der Waals surface area (Å²) in [7, 11) is 0. The molecule has 0 aliphatic rings. The summed E-state index contributed by atoms with van der Waals surface area (Å²) in [4.78, 5) is 19.9. The Morgan fingerprint density at radius 1 is 1.36 bits per heavy atom. The molecule has 0 saturated heterocycles. The van der Waals surface area contributed by atoms with Crippen LogP contribution in [0.3, 0.4) is 0 Å². The van der Waals surface area contributed by atoms with E-state index in [1.807, 2.05) is 0 Å². The average Bonchev–Trinajstić information content (AvgIpc) is 2.82. The molecule has 22 heavy (non-hydrogen) atoms. The van der Waals surface area contributed by atoms with E-state index in [1.165, 1.54) is 3.97 Å². The molecule has 0 fully saturated rings. The molecule has 0 radical (unpaired) electrons. The van der Waals surface area contributed by atoms with Gasteiger partial charge in [-0.25, -0.2) is 0 Å². The Balaban J connectivity index is 2.13. The van der Waals surface area contributed by atoms with Crippen molar-refractivity contribution in [1.82, 2.24) is 13.9 Å². The van der Waals surface area contributed by atoms with Crippen molar-refractivity contribution < 1.29 is 4.79 Å². The van der Waals surface area contributed by atoms with Gasteiger partial charge in [-0.05, 0) is 35.9 Å². The molecule has 2 heterocycles. The number of nitrogens with zero attached hydrogens (tertiary/aromatic N) is 3. The van der Waals surface area contributed by atoms with Gasteiger partial charge in [0.2, 0.25) is 5.28 Å². The number of nitrogens with two attached hydrogens (primary N) is 1. The first-order valence-corrected chi connectivity index (χ1v) is 7.63. The predicted octanol–water partition coefficient (Wildman–Crippen LogP) is 3.38. The van der Waals surface area contributed by atoms with Crippen molar-refractivity contribution in [3.8, 4) is 0 Å². The van der Waals surface area contributed by atoms with Gasteiger partial charge in [0.25, 0.3) is 5.91 Å². The van der Waals surface area contributed by atoms with E-state index in [1.54, 1.807) is 30.5 Å². The summed E-state index contributed by atoms with van der Waals surface area (Å²) >= 11 is 13.5. The van der Waals surface area contributed by atoms with E-state index < -0.39 is 5.91 Å². The molecule has 0 saturated carbocycles. The van der Waals surface area contributed by atoms with Crippen LogP contribution in [-0.4, -0.2) is 19.8 Å². The Morgan fingerprint density at radius 2 is 2.14 bits per heavy atom. The molecule has 1 amide bonds. The molecule has 0 aliphatic heterocycles. The summed E-state index contributed by atoms with van der Waals surface area (Å²) in [6, 6.07) is 6.94. The zero-order valence-corrected chi connectivity index (χ0v) is 14.2. The molecule has 0 atom stereocenters. The van der Waals surface area contributed by atoms with E-state index in [2.05, 4.69) is 44.0 Å². The van der Waals surface area contributed by atoms with E-state index in [4.69, 9.17) is 17.3 Å². The average molecular weight is 399 g/mol. The lowest BCUT2D eigenvalue weighted by Gasteiger charge is -2.11. The molecule has 3 N–H and O–H groups in total. The Morgan fingerprint density at radius 3 is 2.86 bits per heavy atom. The maximum atomic E-state index is 11.6. The van der Waals surface area contributed by atoms with E-state index in [0.717, 1.165) is 9.86 Å². The highest BCUT2D eigenvalue weighted by Gasteiger charge is 2.14. The number of fused-ring (bicyclic) bond motifs is 1. The summed E-state index contributed by atoms with van der Waals surface area (Å²) in [5.41, 5.74) is 6.83. The Kier molecular flexibility index (Phi) is 3.98. The highest BCUT2D eigenvalue weighted by molar-refractivity contribution is 9.10. The Labute approximate surface area is 144 Å². The number of carbonyl (C=O) groups is 1.